The van der Waals surface area contributed by atoms with Crippen LogP contribution >= 0.6 is 0 Å². The number of fused-ring (bicyclic) bond motifs is 1. The number of aliphatic hydroxyl groups is 1. The van der Waals surface area contributed by atoms with E-state index in [1.54, 1.807) is 5.57 Å². The first kappa shape index (κ1) is 12.2. The summed E-state index contributed by atoms with van der Waals surface area (Å²) in [5, 5.41) is 10.6. The van der Waals surface area contributed by atoms with Crippen LogP contribution in [0.25, 0.3) is 0 Å². The molecule has 2 aliphatic carbocycles. The summed E-state index contributed by atoms with van der Waals surface area (Å²) < 4.78 is 0. The van der Waals surface area contributed by atoms with Gasteiger partial charge in [-0.2, -0.15) is 0 Å². The Morgan fingerprint density at radius 2 is 2.00 bits per heavy atom. The van der Waals surface area contributed by atoms with Crippen molar-refractivity contribution in [2.75, 3.05) is 0 Å². The molecule has 1 N–H and O–H groups in total. The van der Waals surface area contributed by atoms with Crippen LogP contribution in [0, 0.1) is 17.8 Å². The van der Waals surface area contributed by atoms with E-state index in [4.69, 9.17) is 0 Å². The fourth-order valence-electron chi connectivity index (χ4n) is 3.81. The molecule has 0 bridgehead atoms. The molecule has 0 aromatic rings. The number of rotatable bonds is 0. The molecule has 2 rings (SSSR count). The minimum atomic E-state index is -0.424. The van der Waals surface area contributed by atoms with E-state index >= 15 is 0 Å². The molecule has 0 aliphatic heterocycles. The molecule has 0 amide bonds. The molecule has 2 fully saturated rings. The normalized spacial score (nSPS) is 44.1. The van der Waals surface area contributed by atoms with Crippen LogP contribution < -0.4 is 0 Å². The molecule has 1 heteroatoms. The number of allylic oxidation sites excluding steroid dienone is 2. The van der Waals surface area contributed by atoms with E-state index in [-0.39, 0.29) is 0 Å². The summed E-state index contributed by atoms with van der Waals surface area (Å²) >= 11 is 0. The zero-order valence-corrected chi connectivity index (χ0v) is 11.2. The minimum absolute atomic E-state index is 0.424. The Bertz CT molecular complexity index is 297. The van der Waals surface area contributed by atoms with Gasteiger partial charge in [-0.15, -0.1) is 0 Å². The lowest BCUT2D eigenvalue weighted by Crippen LogP contribution is -2.36. The average Bonchev–Trinajstić information content (AvgIpc) is 2.47. The van der Waals surface area contributed by atoms with Gasteiger partial charge in [0.15, 0.2) is 0 Å². The van der Waals surface area contributed by atoms with Gasteiger partial charge >= 0.3 is 0 Å². The molecule has 4 atom stereocenters. The zero-order valence-electron chi connectivity index (χ0n) is 11.2. The van der Waals surface area contributed by atoms with E-state index in [1.165, 1.54) is 24.8 Å². The van der Waals surface area contributed by atoms with Gasteiger partial charge in [0, 0.05) is 0 Å². The molecule has 1 nitrogen and oxygen atoms in total. The summed E-state index contributed by atoms with van der Waals surface area (Å²) in [6.45, 7) is 8.89. The maximum absolute atomic E-state index is 10.6. The summed E-state index contributed by atoms with van der Waals surface area (Å²) in [7, 11) is 0. The molecule has 2 aliphatic rings. The van der Waals surface area contributed by atoms with E-state index in [9.17, 15) is 5.11 Å². The maximum Gasteiger partial charge on any atom is 0.0653 e. The van der Waals surface area contributed by atoms with Gasteiger partial charge in [-0.25, -0.2) is 0 Å². The molecule has 4 unspecified atom stereocenters. The monoisotopic (exact) mass is 222 g/mol. The fourth-order valence-corrected chi connectivity index (χ4v) is 3.81. The third kappa shape index (κ3) is 2.07. The van der Waals surface area contributed by atoms with Crippen LogP contribution in [0.2, 0.25) is 0 Å². The molecular weight excluding hydrogens is 196 g/mol. The molecular formula is C15H26O. The fraction of sp³-hybridized carbons (Fsp3) is 0.867. The van der Waals surface area contributed by atoms with Crippen LogP contribution in [0.4, 0.5) is 0 Å². The molecule has 0 spiro atoms. The highest BCUT2D eigenvalue weighted by atomic mass is 16.3. The van der Waals surface area contributed by atoms with E-state index in [0.29, 0.717) is 5.92 Å². The smallest absolute Gasteiger partial charge is 0.0653 e. The summed E-state index contributed by atoms with van der Waals surface area (Å²) in [6, 6.07) is 0. The van der Waals surface area contributed by atoms with Crippen LogP contribution in [0.15, 0.2) is 11.1 Å². The van der Waals surface area contributed by atoms with Crippen molar-refractivity contribution in [3.05, 3.63) is 11.1 Å². The van der Waals surface area contributed by atoms with E-state index in [2.05, 4.69) is 27.7 Å². The molecule has 16 heavy (non-hydrogen) atoms. The van der Waals surface area contributed by atoms with Crippen molar-refractivity contribution in [1.29, 1.82) is 0 Å². The lowest BCUT2D eigenvalue weighted by atomic mass is 9.78. The molecule has 0 saturated heterocycles. The highest BCUT2D eigenvalue weighted by Gasteiger charge is 2.45. The first-order valence-corrected chi connectivity index (χ1v) is 6.79. The van der Waals surface area contributed by atoms with Gasteiger partial charge in [0.1, 0.15) is 0 Å². The number of hydrogen-bond acceptors (Lipinski definition) is 1. The van der Waals surface area contributed by atoms with Crippen LogP contribution in [0.3, 0.4) is 0 Å². The molecule has 0 heterocycles. The van der Waals surface area contributed by atoms with Crippen molar-refractivity contribution in [2.45, 2.75) is 65.4 Å². The Kier molecular flexibility index (Phi) is 3.18. The van der Waals surface area contributed by atoms with Crippen molar-refractivity contribution < 1.29 is 5.11 Å². The van der Waals surface area contributed by atoms with Crippen molar-refractivity contribution in [3.63, 3.8) is 0 Å². The van der Waals surface area contributed by atoms with Crippen LogP contribution in [0.1, 0.15) is 59.8 Å². The predicted molar refractivity (Wildman–Crippen MR) is 68.2 cm³/mol. The Labute approximate surface area is 99.9 Å². The SMILES string of the molecule is CC(C)=C1CCC(C)(O)C2CCC(C)C2C1. The third-order valence-electron chi connectivity index (χ3n) is 5.10. The summed E-state index contributed by atoms with van der Waals surface area (Å²) in [6.07, 6.45) is 5.84. The van der Waals surface area contributed by atoms with Gasteiger partial charge in [0.25, 0.3) is 0 Å². The second kappa shape index (κ2) is 4.18. The molecule has 92 valence electrons. The van der Waals surface area contributed by atoms with E-state index < -0.39 is 5.60 Å². The zero-order chi connectivity index (χ0) is 11.9. The van der Waals surface area contributed by atoms with Gasteiger partial charge in [-0.1, -0.05) is 24.5 Å². The Hall–Kier alpha value is -0.300. The number of hydrogen-bond donors (Lipinski definition) is 1. The topological polar surface area (TPSA) is 20.2 Å². The second-order valence-electron chi connectivity index (χ2n) is 6.49. The maximum atomic E-state index is 10.6. The largest absolute Gasteiger partial charge is 0.390 e. The lowest BCUT2D eigenvalue weighted by molar-refractivity contribution is -0.0208. The summed E-state index contributed by atoms with van der Waals surface area (Å²) in [5.41, 5.74) is 2.67. The average molecular weight is 222 g/mol. The van der Waals surface area contributed by atoms with E-state index in [1.807, 2.05) is 0 Å². The quantitative estimate of drug-likeness (QED) is 0.616. The first-order chi connectivity index (χ1) is 7.42. The van der Waals surface area contributed by atoms with Gasteiger partial charge in [-0.3, -0.25) is 0 Å². The minimum Gasteiger partial charge on any atom is -0.390 e. The standard InChI is InChI=1S/C15H26O/c1-10(2)12-7-8-15(4,16)14-6-5-11(3)13(14)9-12/h11,13-14,16H,5-9H2,1-4H3. The molecule has 0 radical (unpaired) electrons. The van der Waals surface area contributed by atoms with Gasteiger partial charge in [0.2, 0.25) is 0 Å². The summed E-state index contributed by atoms with van der Waals surface area (Å²) in [5.74, 6) is 2.06. The lowest BCUT2D eigenvalue weighted by Gasteiger charge is -2.32. The second-order valence-corrected chi connectivity index (χ2v) is 6.49. The Morgan fingerprint density at radius 3 is 2.62 bits per heavy atom. The Morgan fingerprint density at radius 1 is 1.31 bits per heavy atom. The molecule has 2 saturated carbocycles. The molecule has 0 aromatic carbocycles. The Balaban J connectivity index is 2.29. The van der Waals surface area contributed by atoms with Crippen molar-refractivity contribution in [3.8, 4) is 0 Å². The molecule has 0 aromatic heterocycles. The highest BCUT2D eigenvalue weighted by molar-refractivity contribution is 5.15. The van der Waals surface area contributed by atoms with Crippen molar-refractivity contribution >= 4 is 0 Å². The summed E-state index contributed by atoms with van der Waals surface area (Å²) in [4.78, 5) is 0. The highest BCUT2D eigenvalue weighted by Crippen LogP contribution is 2.50. The van der Waals surface area contributed by atoms with Gasteiger partial charge in [-0.05, 0) is 64.2 Å². The van der Waals surface area contributed by atoms with Crippen molar-refractivity contribution in [2.24, 2.45) is 17.8 Å². The van der Waals surface area contributed by atoms with E-state index in [0.717, 1.165) is 24.7 Å². The van der Waals surface area contributed by atoms with Crippen LogP contribution in [-0.4, -0.2) is 10.7 Å². The predicted octanol–water partition coefficient (Wildman–Crippen LogP) is 3.92. The van der Waals surface area contributed by atoms with Gasteiger partial charge in [0.05, 0.1) is 5.60 Å². The van der Waals surface area contributed by atoms with Crippen molar-refractivity contribution in [1.82, 2.24) is 0 Å². The third-order valence-corrected chi connectivity index (χ3v) is 5.10. The van der Waals surface area contributed by atoms with Crippen LogP contribution in [0.5, 0.6) is 0 Å². The van der Waals surface area contributed by atoms with Crippen LogP contribution in [-0.2, 0) is 0 Å². The first-order valence-electron chi connectivity index (χ1n) is 6.79. The van der Waals surface area contributed by atoms with Gasteiger partial charge < -0.3 is 5.11 Å².